The van der Waals surface area contributed by atoms with Crippen molar-refractivity contribution in [2.24, 2.45) is 0 Å². The highest BCUT2D eigenvalue weighted by molar-refractivity contribution is 7.14. The first-order chi connectivity index (χ1) is 13.1. The lowest BCUT2D eigenvalue weighted by molar-refractivity contribution is -0.116. The molecule has 3 heterocycles. The molecular formula is C19H18N6OS. The van der Waals surface area contributed by atoms with Crippen molar-refractivity contribution in [3.05, 3.63) is 54.1 Å². The zero-order valence-corrected chi connectivity index (χ0v) is 15.8. The Balaban J connectivity index is 1.45. The Hall–Kier alpha value is -3.13. The summed E-state index contributed by atoms with van der Waals surface area (Å²) in [4.78, 5) is 29.1. The number of thiazole rings is 1. The predicted molar refractivity (Wildman–Crippen MR) is 106 cm³/mol. The van der Waals surface area contributed by atoms with E-state index in [1.165, 1.54) is 23.2 Å². The largest absolute Gasteiger partial charge is 0.318 e. The summed E-state index contributed by atoms with van der Waals surface area (Å²) >= 11 is 1.41. The van der Waals surface area contributed by atoms with Crippen LogP contribution in [0.2, 0.25) is 0 Å². The van der Waals surface area contributed by atoms with Crippen molar-refractivity contribution >= 4 is 33.5 Å². The van der Waals surface area contributed by atoms with Crippen LogP contribution in [0.4, 0.5) is 5.13 Å². The minimum Gasteiger partial charge on any atom is -0.318 e. The van der Waals surface area contributed by atoms with Gasteiger partial charge in [-0.3, -0.25) is 4.79 Å². The Morgan fingerprint density at radius 1 is 1.22 bits per heavy atom. The van der Waals surface area contributed by atoms with Crippen molar-refractivity contribution in [2.75, 3.05) is 5.32 Å². The number of rotatable bonds is 5. The van der Waals surface area contributed by atoms with Gasteiger partial charge in [0.1, 0.15) is 18.4 Å². The molecule has 136 valence electrons. The third kappa shape index (κ3) is 3.70. The van der Waals surface area contributed by atoms with Gasteiger partial charge in [0.2, 0.25) is 5.91 Å². The molecule has 7 nitrogen and oxygen atoms in total. The number of anilines is 1. The Labute approximate surface area is 160 Å². The summed E-state index contributed by atoms with van der Waals surface area (Å²) in [5, 5.41) is 5.36. The number of carbonyl (C=O) groups excluding carboxylic acids is 1. The minimum absolute atomic E-state index is 0.127. The summed E-state index contributed by atoms with van der Waals surface area (Å²) < 4.78 is 1.71. The van der Waals surface area contributed by atoms with Crippen LogP contribution in [0.15, 0.2) is 48.5 Å². The van der Waals surface area contributed by atoms with Gasteiger partial charge in [-0.1, -0.05) is 38.1 Å². The molecule has 8 heteroatoms. The van der Waals surface area contributed by atoms with E-state index in [1.807, 2.05) is 5.38 Å². The molecule has 4 aromatic rings. The number of nitrogens with one attached hydrogen (secondary N) is 1. The van der Waals surface area contributed by atoms with E-state index in [9.17, 15) is 4.79 Å². The van der Waals surface area contributed by atoms with E-state index in [4.69, 9.17) is 0 Å². The number of carbonyl (C=O) groups is 1. The molecule has 0 aliphatic heterocycles. The lowest BCUT2D eigenvalue weighted by Crippen LogP contribution is -2.18. The van der Waals surface area contributed by atoms with Crippen LogP contribution in [0.3, 0.4) is 0 Å². The molecule has 1 aromatic carbocycles. The second-order valence-corrected chi connectivity index (χ2v) is 7.32. The van der Waals surface area contributed by atoms with Crippen molar-refractivity contribution in [1.82, 2.24) is 24.5 Å². The molecule has 1 amide bonds. The van der Waals surface area contributed by atoms with Gasteiger partial charge in [-0.15, -0.1) is 11.3 Å². The molecule has 3 aromatic heterocycles. The fourth-order valence-electron chi connectivity index (χ4n) is 2.75. The molecule has 0 saturated heterocycles. The maximum absolute atomic E-state index is 12.4. The maximum atomic E-state index is 12.4. The topological polar surface area (TPSA) is 85.6 Å². The summed E-state index contributed by atoms with van der Waals surface area (Å²) in [5.74, 6) is 0.322. The molecule has 0 unspecified atom stereocenters. The normalized spacial score (nSPS) is 11.2. The average molecular weight is 378 g/mol. The Bertz CT molecular complexity index is 1080. The molecule has 27 heavy (non-hydrogen) atoms. The highest BCUT2D eigenvalue weighted by Gasteiger charge is 2.11. The monoisotopic (exact) mass is 378 g/mol. The first-order valence-electron chi connectivity index (χ1n) is 8.56. The number of fused-ring (bicyclic) bond motifs is 1. The molecule has 0 aliphatic rings. The lowest BCUT2D eigenvalue weighted by Gasteiger charge is -2.05. The number of imidazole rings is 1. The molecule has 0 atom stereocenters. The Morgan fingerprint density at radius 3 is 2.81 bits per heavy atom. The van der Waals surface area contributed by atoms with Gasteiger partial charge >= 0.3 is 0 Å². The number of hydrogen-bond acceptors (Lipinski definition) is 6. The quantitative estimate of drug-likeness (QED) is 0.572. The van der Waals surface area contributed by atoms with Gasteiger partial charge in [0.15, 0.2) is 10.8 Å². The number of hydrogen-bond donors (Lipinski definition) is 1. The molecule has 1 N–H and O–H groups in total. The predicted octanol–water partition coefficient (Wildman–Crippen LogP) is 3.71. The van der Waals surface area contributed by atoms with Crippen LogP contribution in [0, 0.1) is 0 Å². The van der Waals surface area contributed by atoms with E-state index in [2.05, 4.69) is 63.4 Å². The summed E-state index contributed by atoms with van der Waals surface area (Å²) in [6.07, 6.45) is 4.66. The van der Waals surface area contributed by atoms with E-state index in [1.54, 1.807) is 17.1 Å². The minimum atomic E-state index is -0.172. The molecule has 0 radical (unpaired) electrons. The Kier molecular flexibility index (Phi) is 4.64. The van der Waals surface area contributed by atoms with Crippen LogP contribution >= 0.6 is 11.3 Å². The number of benzene rings is 1. The van der Waals surface area contributed by atoms with Crippen molar-refractivity contribution in [1.29, 1.82) is 0 Å². The highest BCUT2D eigenvalue weighted by atomic mass is 32.1. The van der Waals surface area contributed by atoms with Crippen LogP contribution < -0.4 is 5.32 Å². The number of amides is 1. The summed E-state index contributed by atoms with van der Waals surface area (Å²) in [7, 11) is 0. The van der Waals surface area contributed by atoms with Gasteiger partial charge in [0.05, 0.1) is 18.2 Å². The molecular weight excluding hydrogens is 360 g/mol. The van der Waals surface area contributed by atoms with Crippen LogP contribution in [-0.4, -0.2) is 30.4 Å². The second kappa shape index (κ2) is 7.24. The lowest BCUT2D eigenvalue weighted by atomic mass is 10.0. The molecule has 0 fully saturated rings. The van der Waals surface area contributed by atoms with Crippen LogP contribution in [0.1, 0.15) is 25.3 Å². The molecule has 0 saturated carbocycles. The van der Waals surface area contributed by atoms with E-state index in [-0.39, 0.29) is 12.5 Å². The molecule has 4 rings (SSSR count). The van der Waals surface area contributed by atoms with Crippen LogP contribution in [-0.2, 0) is 11.3 Å². The van der Waals surface area contributed by atoms with Crippen LogP contribution in [0.25, 0.3) is 22.4 Å². The first kappa shape index (κ1) is 17.3. The molecule has 0 aliphatic carbocycles. The van der Waals surface area contributed by atoms with Crippen molar-refractivity contribution in [2.45, 2.75) is 26.3 Å². The van der Waals surface area contributed by atoms with Gasteiger partial charge in [0.25, 0.3) is 0 Å². The number of nitrogens with zero attached hydrogens (tertiary/aromatic N) is 5. The van der Waals surface area contributed by atoms with Crippen molar-refractivity contribution < 1.29 is 4.79 Å². The number of aromatic nitrogens is 5. The summed E-state index contributed by atoms with van der Waals surface area (Å²) in [5.41, 5.74) is 4.47. The fourth-order valence-corrected chi connectivity index (χ4v) is 3.48. The highest BCUT2D eigenvalue weighted by Crippen LogP contribution is 2.26. The summed E-state index contributed by atoms with van der Waals surface area (Å²) in [6.45, 7) is 4.46. The van der Waals surface area contributed by atoms with Gasteiger partial charge in [0, 0.05) is 10.9 Å². The summed E-state index contributed by atoms with van der Waals surface area (Å²) in [6, 6.07) is 8.36. The third-order valence-electron chi connectivity index (χ3n) is 4.24. The third-order valence-corrected chi connectivity index (χ3v) is 5.00. The van der Waals surface area contributed by atoms with Crippen molar-refractivity contribution in [3.63, 3.8) is 0 Å². The molecule has 0 bridgehead atoms. The zero-order chi connectivity index (χ0) is 18.8. The standard InChI is InChI=1S/C19H18N6OS/c1-12(2)13-3-5-14(6-4-13)15-9-27-19(23-15)24-17(26)8-25-11-22-18-16(25)7-20-10-21-18/h3-7,9-12H,8H2,1-2H3,(H,23,24,26). The van der Waals surface area contributed by atoms with Gasteiger partial charge in [-0.05, 0) is 11.5 Å². The van der Waals surface area contributed by atoms with E-state index in [0.29, 0.717) is 16.7 Å². The maximum Gasteiger partial charge on any atom is 0.246 e. The van der Waals surface area contributed by atoms with E-state index in [0.717, 1.165) is 16.8 Å². The smallest absolute Gasteiger partial charge is 0.246 e. The van der Waals surface area contributed by atoms with E-state index >= 15 is 0 Å². The zero-order valence-electron chi connectivity index (χ0n) is 15.0. The van der Waals surface area contributed by atoms with Crippen LogP contribution in [0.5, 0.6) is 0 Å². The fraction of sp³-hybridized carbons (Fsp3) is 0.211. The molecule has 0 spiro atoms. The van der Waals surface area contributed by atoms with Gasteiger partial charge in [-0.25, -0.2) is 19.9 Å². The van der Waals surface area contributed by atoms with Crippen molar-refractivity contribution in [3.8, 4) is 11.3 Å². The van der Waals surface area contributed by atoms with E-state index < -0.39 is 0 Å². The first-order valence-corrected chi connectivity index (χ1v) is 9.44. The van der Waals surface area contributed by atoms with Gasteiger partial charge in [-0.2, -0.15) is 0 Å². The second-order valence-electron chi connectivity index (χ2n) is 6.47. The van der Waals surface area contributed by atoms with Gasteiger partial charge < -0.3 is 9.88 Å². The Morgan fingerprint density at radius 2 is 2.04 bits per heavy atom. The average Bonchev–Trinajstić information content (AvgIpc) is 3.29. The SMILES string of the molecule is CC(C)c1ccc(-c2csc(NC(=O)Cn3cnc4ncncc43)n2)cc1.